The van der Waals surface area contributed by atoms with E-state index in [0.29, 0.717) is 35.7 Å². The number of unbranched alkanes of at least 4 members (excludes halogenated alkanes) is 1. The van der Waals surface area contributed by atoms with Gasteiger partial charge in [-0.25, -0.2) is 4.79 Å². The quantitative estimate of drug-likeness (QED) is 0.149. The SMILES string of the molecule is CCCCOC(=O)OCO/C(=C(/C#N)c1ccc(C(C)(C)C)cc1)c1c(C)c(C)nn1CC. The number of nitrogens with zero attached hydrogens (tertiary/aromatic N) is 3. The first-order valence-electron chi connectivity index (χ1n) is 11.4. The zero-order chi connectivity index (χ0) is 24.6. The van der Waals surface area contributed by atoms with E-state index in [1.807, 2.05) is 52.0 Å². The Hall–Kier alpha value is -3.27. The number of aromatic nitrogens is 2. The van der Waals surface area contributed by atoms with Crippen LogP contribution in [0, 0.1) is 25.2 Å². The van der Waals surface area contributed by atoms with Crippen molar-refractivity contribution in [1.29, 1.82) is 5.26 Å². The van der Waals surface area contributed by atoms with Crippen molar-refractivity contribution in [2.24, 2.45) is 0 Å². The van der Waals surface area contributed by atoms with Gasteiger partial charge < -0.3 is 14.2 Å². The number of carbonyl (C=O) groups excluding carboxylic acids is 1. The highest BCUT2D eigenvalue weighted by Crippen LogP contribution is 2.32. The maximum atomic E-state index is 11.8. The third-order valence-corrected chi connectivity index (χ3v) is 5.42. The lowest BCUT2D eigenvalue weighted by Gasteiger charge is -2.19. The van der Waals surface area contributed by atoms with E-state index >= 15 is 0 Å². The van der Waals surface area contributed by atoms with Gasteiger partial charge in [-0.15, -0.1) is 0 Å². The Morgan fingerprint density at radius 1 is 1.09 bits per heavy atom. The van der Waals surface area contributed by atoms with Crippen molar-refractivity contribution in [2.75, 3.05) is 13.4 Å². The molecule has 1 heterocycles. The maximum absolute atomic E-state index is 11.8. The topological polar surface area (TPSA) is 86.4 Å². The molecule has 0 radical (unpaired) electrons. The summed E-state index contributed by atoms with van der Waals surface area (Å²) in [6.07, 6.45) is 0.876. The van der Waals surface area contributed by atoms with Crippen LogP contribution >= 0.6 is 0 Å². The third kappa shape index (κ3) is 6.61. The van der Waals surface area contributed by atoms with Gasteiger partial charge in [0.15, 0.2) is 5.76 Å². The Bertz CT molecular complexity index is 1020. The van der Waals surface area contributed by atoms with Crippen LogP contribution in [0.25, 0.3) is 11.3 Å². The van der Waals surface area contributed by atoms with E-state index in [4.69, 9.17) is 14.2 Å². The first-order chi connectivity index (χ1) is 15.6. The Labute approximate surface area is 197 Å². The first kappa shape index (κ1) is 26.0. The highest BCUT2D eigenvalue weighted by Gasteiger charge is 2.23. The Morgan fingerprint density at radius 3 is 2.30 bits per heavy atom. The minimum absolute atomic E-state index is 0.00507. The molecule has 0 aliphatic carbocycles. The number of ether oxygens (including phenoxy) is 3. The first-order valence-corrected chi connectivity index (χ1v) is 11.4. The zero-order valence-electron chi connectivity index (χ0n) is 20.8. The van der Waals surface area contributed by atoms with E-state index in [1.54, 1.807) is 4.68 Å². The molecule has 0 N–H and O–H groups in total. The molecule has 0 saturated carbocycles. The van der Waals surface area contributed by atoms with Gasteiger partial charge in [0.25, 0.3) is 0 Å². The molecule has 0 fully saturated rings. The number of allylic oxidation sites excluding steroid dienone is 1. The van der Waals surface area contributed by atoms with Gasteiger partial charge in [0.1, 0.15) is 17.3 Å². The second-order valence-electron chi connectivity index (χ2n) is 8.88. The van der Waals surface area contributed by atoms with E-state index in [0.717, 1.165) is 29.7 Å². The summed E-state index contributed by atoms with van der Waals surface area (Å²) in [5.74, 6) is 0.322. The van der Waals surface area contributed by atoms with Gasteiger partial charge in [0.05, 0.1) is 12.3 Å². The van der Waals surface area contributed by atoms with E-state index < -0.39 is 6.16 Å². The molecule has 7 nitrogen and oxygen atoms in total. The molecular weight excluding hydrogens is 418 g/mol. The molecule has 7 heteroatoms. The van der Waals surface area contributed by atoms with Crippen molar-refractivity contribution in [3.8, 4) is 6.07 Å². The molecule has 0 aliphatic heterocycles. The van der Waals surface area contributed by atoms with Crippen molar-refractivity contribution >= 4 is 17.5 Å². The molecule has 1 aromatic carbocycles. The van der Waals surface area contributed by atoms with E-state index in [-0.39, 0.29) is 12.2 Å². The summed E-state index contributed by atoms with van der Waals surface area (Å²) in [6, 6.07) is 10.1. The largest absolute Gasteiger partial charge is 0.511 e. The van der Waals surface area contributed by atoms with Crippen molar-refractivity contribution in [3.63, 3.8) is 0 Å². The van der Waals surface area contributed by atoms with Crippen molar-refractivity contribution < 1.29 is 19.0 Å². The molecule has 0 bridgehead atoms. The number of hydrogen-bond donors (Lipinski definition) is 0. The van der Waals surface area contributed by atoms with Crippen LogP contribution in [0.15, 0.2) is 24.3 Å². The summed E-state index contributed by atoms with van der Waals surface area (Å²) in [4.78, 5) is 11.8. The maximum Gasteiger partial charge on any atom is 0.511 e. The van der Waals surface area contributed by atoms with Crippen LogP contribution in [0.2, 0.25) is 0 Å². The predicted molar refractivity (Wildman–Crippen MR) is 128 cm³/mol. The van der Waals surface area contributed by atoms with Gasteiger partial charge in [0, 0.05) is 12.1 Å². The molecule has 0 atom stereocenters. The number of nitriles is 1. The smallest absolute Gasteiger partial charge is 0.454 e. The zero-order valence-corrected chi connectivity index (χ0v) is 20.8. The standard InChI is InChI=1S/C26H35N3O4/c1-8-10-15-31-25(30)33-17-32-24(23-18(3)19(4)28-29(23)9-2)22(16-27)20-11-13-21(14-12-20)26(5,6)7/h11-14H,8-10,15,17H2,1-7H3/b24-22-. The van der Waals surface area contributed by atoms with Crippen LogP contribution in [0.5, 0.6) is 0 Å². The van der Waals surface area contributed by atoms with Crippen LogP contribution < -0.4 is 0 Å². The molecule has 1 aromatic heterocycles. The summed E-state index contributed by atoms with van der Waals surface area (Å²) in [5.41, 5.74) is 4.64. The lowest BCUT2D eigenvalue weighted by atomic mass is 9.86. The fourth-order valence-electron chi connectivity index (χ4n) is 3.31. The van der Waals surface area contributed by atoms with Gasteiger partial charge in [-0.3, -0.25) is 4.68 Å². The van der Waals surface area contributed by atoms with Crippen molar-refractivity contribution in [3.05, 3.63) is 52.3 Å². The molecule has 0 aliphatic rings. The van der Waals surface area contributed by atoms with Gasteiger partial charge in [-0.2, -0.15) is 10.4 Å². The Kier molecular flexibility index (Phi) is 9.10. The fraction of sp³-hybridized carbons (Fsp3) is 0.500. The molecule has 0 spiro atoms. The van der Waals surface area contributed by atoms with Crippen LogP contribution in [0.4, 0.5) is 4.79 Å². The van der Waals surface area contributed by atoms with E-state index in [2.05, 4.69) is 31.9 Å². The monoisotopic (exact) mass is 453 g/mol. The number of benzene rings is 1. The predicted octanol–water partition coefficient (Wildman–Crippen LogP) is 6.14. The van der Waals surface area contributed by atoms with Gasteiger partial charge in [-0.1, -0.05) is 58.4 Å². The molecular formula is C26H35N3O4. The highest BCUT2D eigenvalue weighted by molar-refractivity contribution is 5.94. The number of rotatable bonds is 9. The molecule has 2 aromatic rings. The number of carbonyl (C=O) groups is 1. The highest BCUT2D eigenvalue weighted by atomic mass is 16.8. The third-order valence-electron chi connectivity index (χ3n) is 5.42. The number of aryl methyl sites for hydroxylation is 2. The normalized spacial score (nSPS) is 12.1. The molecule has 33 heavy (non-hydrogen) atoms. The minimum Gasteiger partial charge on any atom is -0.454 e. The van der Waals surface area contributed by atoms with E-state index in [1.165, 1.54) is 0 Å². The van der Waals surface area contributed by atoms with Crippen LogP contribution in [-0.4, -0.2) is 29.3 Å². The molecule has 0 amide bonds. The molecule has 0 saturated heterocycles. The lowest BCUT2D eigenvalue weighted by molar-refractivity contribution is -0.00605. The average Bonchev–Trinajstić information content (AvgIpc) is 3.06. The second kappa shape index (κ2) is 11.6. The summed E-state index contributed by atoms with van der Waals surface area (Å²) >= 11 is 0. The van der Waals surface area contributed by atoms with Crippen LogP contribution in [0.1, 0.15) is 75.5 Å². The summed E-state index contributed by atoms with van der Waals surface area (Å²) < 4.78 is 17.8. The van der Waals surface area contributed by atoms with Gasteiger partial charge in [-0.05, 0) is 43.7 Å². The van der Waals surface area contributed by atoms with Gasteiger partial charge >= 0.3 is 6.16 Å². The van der Waals surface area contributed by atoms with Crippen molar-refractivity contribution in [2.45, 2.75) is 73.3 Å². The summed E-state index contributed by atoms with van der Waals surface area (Å²) in [5, 5.41) is 14.7. The minimum atomic E-state index is -0.798. The summed E-state index contributed by atoms with van der Waals surface area (Å²) in [7, 11) is 0. The van der Waals surface area contributed by atoms with E-state index in [9.17, 15) is 10.1 Å². The molecule has 178 valence electrons. The van der Waals surface area contributed by atoms with Crippen LogP contribution in [0.3, 0.4) is 0 Å². The Morgan fingerprint density at radius 2 is 1.76 bits per heavy atom. The average molecular weight is 454 g/mol. The molecule has 0 unspecified atom stereocenters. The van der Waals surface area contributed by atoms with Gasteiger partial charge in [0.2, 0.25) is 6.79 Å². The second-order valence-corrected chi connectivity index (χ2v) is 8.88. The lowest BCUT2D eigenvalue weighted by Crippen LogP contribution is -2.13. The van der Waals surface area contributed by atoms with Crippen molar-refractivity contribution in [1.82, 2.24) is 9.78 Å². The number of hydrogen-bond acceptors (Lipinski definition) is 6. The summed E-state index contributed by atoms with van der Waals surface area (Å²) in [6.45, 7) is 14.8. The van der Waals surface area contributed by atoms with Crippen LogP contribution in [-0.2, 0) is 26.2 Å². The fourth-order valence-corrected chi connectivity index (χ4v) is 3.31. The Balaban J connectivity index is 2.46. The molecule has 2 rings (SSSR count).